The van der Waals surface area contributed by atoms with Gasteiger partial charge in [-0.05, 0) is 55.2 Å². The third-order valence-corrected chi connectivity index (χ3v) is 8.88. The highest BCUT2D eigenvalue weighted by Gasteiger charge is 2.34. The molecule has 0 heterocycles. The van der Waals surface area contributed by atoms with Crippen molar-refractivity contribution in [2.24, 2.45) is 0 Å². The molecule has 0 unspecified atom stereocenters. The molecule has 0 aliphatic heterocycles. The van der Waals surface area contributed by atoms with Crippen LogP contribution in [0, 0.1) is 6.92 Å². The average Bonchev–Trinajstić information content (AvgIpc) is 2.95. The van der Waals surface area contributed by atoms with Crippen LogP contribution in [0.5, 0.6) is 0 Å². The molecule has 0 saturated heterocycles. The molecule has 7 nitrogen and oxygen atoms in total. The van der Waals surface area contributed by atoms with E-state index in [2.05, 4.69) is 5.32 Å². The Morgan fingerprint density at radius 3 is 2.15 bits per heavy atom. The maximum absolute atomic E-state index is 14.2. The van der Waals surface area contributed by atoms with Gasteiger partial charge in [0.15, 0.2) is 0 Å². The fourth-order valence-electron chi connectivity index (χ4n) is 5.21. The van der Waals surface area contributed by atoms with Crippen molar-refractivity contribution in [3.8, 4) is 0 Å². The Morgan fingerprint density at radius 2 is 1.54 bits per heavy atom. The molecule has 1 aliphatic rings. The van der Waals surface area contributed by atoms with Gasteiger partial charge in [0.1, 0.15) is 12.6 Å². The highest BCUT2D eigenvalue weighted by Crippen LogP contribution is 2.23. The summed E-state index contributed by atoms with van der Waals surface area (Å²) in [5.41, 5.74) is 3.17. The van der Waals surface area contributed by atoms with E-state index in [9.17, 15) is 18.0 Å². The van der Waals surface area contributed by atoms with Crippen LogP contribution in [0.25, 0.3) is 0 Å². The Bertz CT molecular complexity index is 1410. The maximum atomic E-state index is 14.2. The quantitative estimate of drug-likeness (QED) is 0.317. The lowest BCUT2D eigenvalue weighted by Crippen LogP contribution is -2.55. The molecule has 218 valence electrons. The van der Waals surface area contributed by atoms with Crippen molar-refractivity contribution in [2.75, 3.05) is 17.1 Å². The molecular weight excluding hydrogens is 558 g/mol. The molecule has 0 aromatic heterocycles. The minimum absolute atomic E-state index is 0.0624. The van der Waals surface area contributed by atoms with E-state index >= 15 is 0 Å². The largest absolute Gasteiger partial charge is 0.352 e. The van der Waals surface area contributed by atoms with E-state index in [-0.39, 0.29) is 18.5 Å². The summed E-state index contributed by atoms with van der Waals surface area (Å²) in [6, 6.07) is 22.9. The first-order valence-corrected chi connectivity index (χ1v) is 16.3. The Kier molecular flexibility index (Phi) is 10.5. The Labute approximate surface area is 248 Å². The molecule has 1 N–H and O–H groups in total. The zero-order valence-corrected chi connectivity index (χ0v) is 25.2. The molecule has 9 heteroatoms. The van der Waals surface area contributed by atoms with Crippen LogP contribution >= 0.6 is 11.6 Å². The topological polar surface area (TPSA) is 86.8 Å². The van der Waals surface area contributed by atoms with E-state index in [0.717, 1.165) is 59.4 Å². The zero-order chi connectivity index (χ0) is 29.4. The monoisotopic (exact) mass is 595 g/mol. The highest BCUT2D eigenvalue weighted by molar-refractivity contribution is 7.92. The molecule has 41 heavy (non-hydrogen) atoms. The van der Waals surface area contributed by atoms with Crippen LogP contribution in [0.1, 0.15) is 48.8 Å². The number of nitrogens with one attached hydrogen (secondary N) is 1. The van der Waals surface area contributed by atoms with E-state index in [1.807, 2.05) is 61.5 Å². The molecule has 1 saturated carbocycles. The normalized spacial score (nSPS) is 14.7. The van der Waals surface area contributed by atoms with Gasteiger partial charge in [-0.1, -0.05) is 91.0 Å². The third kappa shape index (κ3) is 8.81. The van der Waals surface area contributed by atoms with Crippen molar-refractivity contribution >= 4 is 39.1 Å². The molecule has 0 radical (unpaired) electrons. The summed E-state index contributed by atoms with van der Waals surface area (Å²) in [5, 5.41) is 3.67. The van der Waals surface area contributed by atoms with Crippen molar-refractivity contribution in [2.45, 2.75) is 64.1 Å². The summed E-state index contributed by atoms with van der Waals surface area (Å²) in [4.78, 5) is 29.6. The van der Waals surface area contributed by atoms with Crippen LogP contribution in [0.3, 0.4) is 0 Å². The standard InChI is InChI=1S/C32H38ClN3O4S/c1-24-13-15-26(16-14-24)22-35(31(37)23-36(41(2,39)40)29-19-17-27(33)18-20-29)30(21-25-9-5-3-6-10-25)32(38)34-28-11-7-4-8-12-28/h3,5-6,9-10,13-20,28,30H,4,7-8,11-12,21-23H2,1-2H3,(H,34,38)/t30-/m1/s1. The lowest BCUT2D eigenvalue weighted by Gasteiger charge is -2.35. The molecule has 1 fully saturated rings. The average molecular weight is 596 g/mol. The van der Waals surface area contributed by atoms with Gasteiger partial charge in [-0.25, -0.2) is 8.42 Å². The summed E-state index contributed by atoms with van der Waals surface area (Å²) in [6.45, 7) is 1.69. The number of carbonyl (C=O) groups excluding carboxylic acids is 2. The van der Waals surface area contributed by atoms with Crippen molar-refractivity contribution in [3.05, 3.63) is 101 Å². The predicted octanol–water partition coefficient (Wildman–Crippen LogP) is 5.50. The summed E-state index contributed by atoms with van der Waals surface area (Å²) in [5.74, 6) is -0.690. The van der Waals surface area contributed by atoms with Crippen LogP contribution < -0.4 is 9.62 Å². The van der Waals surface area contributed by atoms with E-state index < -0.39 is 28.5 Å². The molecular formula is C32H38ClN3O4S. The van der Waals surface area contributed by atoms with Gasteiger partial charge in [0.25, 0.3) is 0 Å². The lowest BCUT2D eigenvalue weighted by atomic mass is 9.94. The van der Waals surface area contributed by atoms with Gasteiger partial charge in [-0.3, -0.25) is 13.9 Å². The first kappa shape index (κ1) is 30.6. The lowest BCUT2D eigenvalue weighted by molar-refractivity contribution is -0.140. The number of benzene rings is 3. The number of sulfonamides is 1. The SMILES string of the molecule is Cc1ccc(CN(C(=O)CN(c2ccc(Cl)cc2)S(C)(=O)=O)[C@H](Cc2ccccc2)C(=O)NC2CCCCC2)cc1. The van der Waals surface area contributed by atoms with Gasteiger partial charge in [-0.15, -0.1) is 0 Å². The fraction of sp³-hybridized carbons (Fsp3) is 0.375. The number of rotatable bonds is 11. The second-order valence-electron chi connectivity index (χ2n) is 10.8. The van der Waals surface area contributed by atoms with E-state index in [1.54, 1.807) is 24.3 Å². The van der Waals surface area contributed by atoms with Gasteiger partial charge in [-0.2, -0.15) is 0 Å². The number of anilines is 1. The number of aryl methyl sites for hydroxylation is 1. The van der Waals surface area contributed by atoms with Crippen LogP contribution in [-0.4, -0.2) is 50.0 Å². The van der Waals surface area contributed by atoms with Crippen molar-refractivity contribution in [3.63, 3.8) is 0 Å². The first-order valence-electron chi connectivity index (χ1n) is 14.0. The number of halogens is 1. The highest BCUT2D eigenvalue weighted by atomic mass is 35.5. The van der Waals surface area contributed by atoms with E-state index in [0.29, 0.717) is 17.1 Å². The van der Waals surface area contributed by atoms with Gasteiger partial charge < -0.3 is 10.2 Å². The molecule has 1 aliphatic carbocycles. The summed E-state index contributed by atoms with van der Waals surface area (Å²) < 4.78 is 26.8. The second-order valence-corrected chi connectivity index (χ2v) is 13.1. The van der Waals surface area contributed by atoms with Crippen LogP contribution in [-0.2, 0) is 32.6 Å². The number of amides is 2. The molecule has 0 bridgehead atoms. The Morgan fingerprint density at radius 1 is 0.902 bits per heavy atom. The van der Waals surface area contributed by atoms with Crippen LogP contribution in [0.4, 0.5) is 5.69 Å². The predicted molar refractivity (Wildman–Crippen MR) is 164 cm³/mol. The van der Waals surface area contributed by atoms with Crippen molar-refractivity contribution in [1.82, 2.24) is 10.2 Å². The number of carbonyl (C=O) groups is 2. The second kappa shape index (κ2) is 14.0. The molecule has 1 atom stereocenters. The molecule has 0 spiro atoms. The third-order valence-electron chi connectivity index (χ3n) is 7.49. The maximum Gasteiger partial charge on any atom is 0.244 e. The van der Waals surface area contributed by atoms with Crippen LogP contribution in [0.15, 0.2) is 78.9 Å². The summed E-state index contributed by atoms with van der Waals surface area (Å²) in [7, 11) is -3.82. The van der Waals surface area contributed by atoms with Gasteiger partial charge >= 0.3 is 0 Å². The Balaban J connectivity index is 1.71. The molecule has 3 aromatic rings. The van der Waals surface area contributed by atoms with Crippen molar-refractivity contribution in [1.29, 1.82) is 0 Å². The number of nitrogens with zero attached hydrogens (tertiary/aromatic N) is 2. The van der Waals surface area contributed by atoms with Gasteiger partial charge in [0.2, 0.25) is 21.8 Å². The minimum Gasteiger partial charge on any atom is -0.352 e. The summed E-state index contributed by atoms with van der Waals surface area (Å²) in [6.07, 6.45) is 6.47. The van der Waals surface area contributed by atoms with E-state index in [4.69, 9.17) is 11.6 Å². The molecule has 4 rings (SSSR count). The smallest absolute Gasteiger partial charge is 0.244 e. The number of hydrogen-bond donors (Lipinski definition) is 1. The van der Waals surface area contributed by atoms with E-state index in [1.165, 1.54) is 4.90 Å². The van der Waals surface area contributed by atoms with Crippen molar-refractivity contribution < 1.29 is 18.0 Å². The Hall–Kier alpha value is -3.36. The van der Waals surface area contributed by atoms with Gasteiger partial charge in [0, 0.05) is 24.0 Å². The zero-order valence-electron chi connectivity index (χ0n) is 23.6. The summed E-state index contributed by atoms with van der Waals surface area (Å²) >= 11 is 6.03. The molecule has 3 aromatic carbocycles. The first-order chi connectivity index (χ1) is 19.6. The van der Waals surface area contributed by atoms with Gasteiger partial charge in [0.05, 0.1) is 11.9 Å². The fourth-order valence-corrected chi connectivity index (χ4v) is 6.19. The molecule has 2 amide bonds. The minimum atomic E-state index is -3.82. The van der Waals surface area contributed by atoms with Crippen LogP contribution in [0.2, 0.25) is 5.02 Å². The number of hydrogen-bond acceptors (Lipinski definition) is 4.